The summed E-state index contributed by atoms with van der Waals surface area (Å²) in [6, 6.07) is 0. The van der Waals surface area contributed by atoms with Gasteiger partial charge in [-0.3, -0.25) is 0 Å². The largest absolute Gasteiger partial charge is 0.549 e. The molecule has 0 saturated heterocycles. The van der Waals surface area contributed by atoms with Crippen LogP contribution in [0.15, 0.2) is 0 Å². The number of carboxylic acid groups (broad SMARTS) is 1. The van der Waals surface area contributed by atoms with Crippen LogP contribution in [0.5, 0.6) is 0 Å². The molecular formula is C5H7Br2O2-. The van der Waals surface area contributed by atoms with E-state index >= 15 is 0 Å². The highest BCUT2D eigenvalue weighted by Gasteiger charge is 2.02. The van der Waals surface area contributed by atoms with Crippen LogP contribution in [0.2, 0.25) is 0 Å². The molecule has 1 atom stereocenters. The number of alkyl halides is 2. The summed E-state index contributed by atoms with van der Waals surface area (Å²) in [4.78, 5) is 9.54. The maximum absolute atomic E-state index is 10.0. The second kappa shape index (κ2) is 5.23. The third-order valence-corrected chi connectivity index (χ3v) is 2.24. The Kier molecular flexibility index (Phi) is 5.48. The summed E-state index contributed by atoms with van der Waals surface area (Å²) in [5, 5.41) is 10.9. The van der Waals surface area contributed by atoms with Crippen molar-refractivity contribution < 1.29 is 9.90 Å². The molecule has 0 spiro atoms. The Morgan fingerprint density at radius 1 is 1.67 bits per heavy atom. The first-order valence-corrected chi connectivity index (χ1v) is 4.63. The second-order valence-electron chi connectivity index (χ2n) is 1.62. The van der Waals surface area contributed by atoms with Gasteiger partial charge in [0.15, 0.2) is 0 Å². The normalized spacial score (nSPS) is 13.1. The van der Waals surface area contributed by atoms with Gasteiger partial charge in [-0.25, -0.2) is 0 Å². The first-order valence-electron chi connectivity index (χ1n) is 2.59. The molecule has 0 saturated carbocycles. The Labute approximate surface area is 70.9 Å². The van der Waals surface area contributed by atoms with Gasteiger partial charge < -0.3 is 9.90 Å². The standard InChI is InChI=1S/C5H8Br2O2/c6-3-1-2-4(7)5(8)9/h4H,1-3H2,(H,8,9)/p-1. The SMILES string of the molecule is O=C([O-])C(Br)CCCBr. The molecular weight excluding hydrogens is 252 g/mol. The van der Waals surface area contributed by atoms with Crippen molar-refractivity contribution >= 4 is 37.8 Å². The minimum absolute atomic E-state index is 0.491. The lowest BCUT2D eigenvalue weighted by Gasteiger charge is -2.07. The molecule has 0 N–H and O–H groups in total. The number of carboxylic acids is 1. The fraction of sp³-hybridized carbons (Fsp3) is 0.800. The molecule has 0 bridgehead atoms. The molecule has 54 valence electrons. The molecule has 0 amide bonds. The number of carbonyl (C=O) groups excluding carboxylic acids is 1. The van der Waals surface area contributed by atoms with Crippen LogP contribution in [0.4, 0.5) is 0 Å². The Morgan fingerprint density at radius 2 is 2.22 bits per heavy atom. The van der Waals surface area contributed by atoms with Crippen LogP contribution in [0.25, 0.3) is 0 Å². The molecule has 0 aromatic rings. The number of halogens is 2. The average Bonchev–Trinajstić information content (AvgIpc) is 1.82. The van der Waals surface area contributed by atoms with Crippen molar-refractivity contribution in [2.75, 3.05) is 5.33 Å². The third kappa shape index (κ3) is 4.90. The molecule has 9 heavy (non-hydrogen) atoms. The molecule has 0 aliphatic rings. The summed E-state index contributed by atoms with van der Waals surface area (Å²) < 4.78 is 0. The highest BCUT2D eigenvalue weighted by atomic mass is 79.9. The van der Waals surface area contributed by atoms with E-state index in [1.807, 2.05) is 0 Å². The third-order valence-electron chi connectivity index (χ3n) is 0.847. The number of rotatable bonds is 4. The van der Waals surface area contributed by atoms with E-state index in [2.05, 4.69) is 31.9 Å². The predicted octanol–water partition coefficient (Wildman–Crippen LogP) is 0.675. The van der Waals surface area contributed by atoms with Crippen molar-refractivity contribution in [3.63, 3.8) is 0 Å². The minimum atomic E-state index is -1.03. The fourth-order valence-corrected chi connectivity index (χ4v) is 1.02. The fourth-order valence-electron chi connectivity index (χ4n) is 0.374. The zero-order valence-corrected chi connectivity index (χ0v) is 7.94. The number of hydrogen-bond acceptors (Lipinski definition) is 2. The lowest BCUT2D eigenvalue weighted by Crippen LogP contribution is -2.31. The van der Waals surface area contributed by atoms with Crippen molar-refractivity contribution in [1.29, 1.82) is 0 Å². The Morgan fingerprint density at radius 3 is 2.56 bits per heavy atom. The first-order chi connectivity index (χ1) is 4.18. The lowest BCUT2D eigenvalue weighted by atomic mass is 10.2. The van der Waals surface area contributed by atoms with E-state index in [9.17, 15) is 9.90 Å². The van der Waals surface area contributed by atoms with Crippen LogP contribution in [0, 0.1) is 0 Å². The summed E-state index contributed by atoms with van der Waals surface area (Å²) in [5.74, 6) is -1.03. The van der Waals surface area contributed by atoms with E-state index in [4.69, 9.17) is 0 Å². The Bertz CT molecular complexity index is 95.0. The highest BCUT2D eigenvalue weighted by molar-refractivity contribution is 9.10. The van der Waals surface area contributed by atoms with E-state index in [1.54, 1.807) is 0 Å². The smallest absolute Gasteiger partial charge is 0.0551 e. The van der Waals surface area contributed by atoms with Gasteiger partial charge in [0.25, 0.3) is 0 Å². The molecule has 0 aromatic carbocycles. The zero-order chi connectivity index (χ0) is 7.28. The molecule has 1 unspecified atom stereocenters. The topological polar surface area (TPSA) is 40.1 Å². The van der Waals surface area contributed by atoms with Crippen LogP contribution < -0.4 is 5.11 Å². The number of hydrogen-bond donors (Lipinski definition) is 0. The molecule has 0 aliphatic heterocycles. The van der Waals surface area contributed by atoms with Crippen LogP contribution >= 0.6 is 31.9 Å². The van der Waals surface area contributed by atoms with Gasteiger partial charge >= 0.3 is 0 Å². The van der Waals surface area contributed by atoms with Gasteiger partial charge in [-0.15, -0.1) is 0 Å². The van der Waals surface area contributed by atoms with Crippen LogP contribution in [0.3, 0.4) is 0 Å². The van der Waals surface area contributed by atoms with E-state index in [1.165, 1.54) is 0 Å². The van der Waals surface area contributed by atoms with Crippen molar-refractivity contribution in [3.8, 4) is 0 Å². The van der Waals surface area contributed by atoms with Crippen LogP contribution in [0.1, 0.15) is 12.8 Å². The Hall–Kier alpha value is 0.430. The molecule has 0 fully saturated rings. The molecule has 0 aromatic heterocycles. The summed E-state index contributed by atoms with van der Waals surface area (Å²) >= 11 is 6.15. The van der Waals surface area contributed by atoms with Gasteiger partial charge in [-0.2, -0.15) is 0 Å². The molecule has 0 aliphatic carbocycles. The average molecular weight is 259 g/mol. The first kappa shape index (κ1) is 9.43. The lowest BCUT2D eigenvalue weighted by molar-refractivity contribution is -0.304. The summed E-state index contributed by atoms with van der Waals surface area (Å²) in [5.41, 5.74) is 0. The zero-order valence-electron chi connectivity index (χ0n) is 4.77. The summed E-state index contributed by atoms with van der Waals surface area (Å²) in [6.07, 6.45) is 1.47. The molecule has 0 rings (SSSR count). The molecule has 4 heteroatoms. The van der Waals surface area contributed by atoms with Gasteiger partial charge in [0, 0.05) is 5.33 Å². The van der Waals surface area contributed by atoms with Gasteiger partial charge in [-0.05, 0) is 12.8 Å². The van der Waals surface area contributed by atoms with E-state index in [0.717, 1.165) is 11.8 Å². The monoisotopic (exact) mass is 257 g/mol. The van der Waals surface area contributed by atoms with Gasteiger partial charge in [-0.1, -0.05) is 31.9 Å². The van der Waals surface area contributed by atoms with Crippen molar-refractivity contribution in [2.24, 2.45) is 0 Å². The van der Waals surface area contributed by atoms with Crippen LogP contribution in [-0.4, -0.2) is 16.1 Å². The molecule has 0 heterocycles. The Balaban J connectivity index is 3.27. The maximum Gasteiger partial charge on any atom is 0.0551 e. The predicted molar refractivity (Wildman–Crippen MR) is 40.8 cm³/mol. The van der Waals surface area contributed by atoms with Gasteiger partial charge in [0.1, 0.15) is 0 Å². The number of carbonyl (C=O) groups is 1. The summed E-state index contributed by atoms with van der Waals surface area (Å²) in [7, 11) is 0. The minimum Gasteiger partial charge on any atom is -0.549 e. The van der Waals surface area contributed by atoms with Crippen molar-refractivity contribution in [3.05, 3.63) is 0 Å². The van der Waals surface area contributed by atoms with E-state index in [0.29, 0.717) is 6.42 Å². The van der Waals surface area contributed by atoms with Crippen molar-refractivity contribution in [1.82, 2.24) is 0 Å². The number of aliphatic carboxylic acids is 1. The summed E-state index contributed by atoms with van der Waals surface area (Å²) in [6.45, 7) is 0. The molecule has 0 radical (unpaired) electrons. The van der Waals surface area contributed by atoms with E-state index < -0.39 is 10.8 Å². The molecule has 2 nitrogen and oxygen atoms in total. The second-order valence-corrected chi connectivity index (χ2v) is 3.52. The van der Waals surface area contributed by atoms with Gasteiger partial charge in [0.2, 0.25) is 0 Å². The van der Waals surface area contributed by atoms with Crippen molar-refractivity contribution in [2.45, 2.75) is 17.7 Å². The quantitative estimate of drug-likeness (QED) is 0.696. The highest BCUT2D eigenvalue weighted by Crippen LogP contribution is 2.07. The van der Waals surface area contributed by atoms with Gasteiger partial charge in [0.05, 0.1) is 10.8 Å². The maximum atomic E-state index is 10.0. The van der Waals surface area contributed by atoms with Crippen LogP contribution in [-0.2, 0) is 4.79 Å². The van der Waals surface area contributed by atoms with E-state index in [-0.39, 0.29) is 0 Å².